The molecular formula is C15H19Cl2N3. The van der Waals surface area contributed by atoms with Gasteiger partial charge in [0.2, 0.25) is 0 Å². The van der Waals surface area contributed by atoms with Gasteiger partial charge in [0.25, 0.3) is 0 Å². The van der Waals surface area contributed by atoms with Gasteiger partial charge < -0.3 is 9.47 Å². The van der Waals surface area contributed by atoms with E-state index in [4.69, 9.17) is 23.2 Å². The SMILES string of the molecule is CC1CN(C)CCC1n1c(CCl)nc2cccc(Cl)c21. The maximum absolute atomic E-state index is 6.41. The van der Waals surface area contributed by atoms with E-state index < -0.39 is 0 Å². The van der Waals surface area contributed by atoms with E-state index in [2.05, 4.69) is 28.4 Å². The van der Waals surface area contributed by atoms with Crippen LogP contribution in [0.3, 0.4) is 0 Å². The van der Waals surface area contributed by atoms with Crippen LogP contribution in [0.15, 0.2) is 18.2 Å². The summed E-state index contributed by atoms with van der Waals surface area (Å²) in [4.78, 5) is 7.03. The summed E-state index contributed by atoms with van der Waals surface area (Å²) in [6.07, 6.45) is 1.11. The Morgan fingerprint density at radius 3 is 2.90 bits per heavy atom. The van der Waals surface area contributed by atoms with E-state index in [1.807, 2.05) is 18.2 Å². The second-order valence-corrected chi connectivity index (χ2v) is 6.41. The van der Waals surface area contributed by atoms with Gasteiger partial charge in [0.05, 0.1) is 21.9 Å². The number of para-hydroxylation sites is 1. The van der Waals surface area contributed by atoms with Gasteiger partial charge in [-0.3, -0.25) is 0 Å². The number of halogens is 2. The van der Waals surface area contributed by atoms with Crippen molar-refractivity contribution in [3.8, 4) is 0 Å². The van der Waals surface area contributed by atoms with Crippen molar-refractivity contribution in [2.24, 2.45) is 5.92 Å². The number of nitrogens with zero attached hydrogens (tertiary/aromatic N) is 3. The molecule has 1 aliphatic heterocycles. The number of benzene rings is 1. The molecule has 20 heavy (non-hydrogen) atoms. The van der Waals surface area contributed by atoms with Crippen molar-refractivity contribution < 1.29 is 0 Å². The molecule has 2 heterocycles. The molecule has 0 bridgehead atoms. The number of aromatic nitrogens is 2. The lowest BCUT2D eigenvalue weighted by Crippen LogP contribution is -2.38. The molecule has 0 aliphatic carbocycles. The highest BCUT2D eigenvalue weighted by molar-refractivity contribution is 6.35. The van der Waals surface area contributed by atoms with Crippen LogP contribution in [0.2, 0.25) is 5.02 Å². The quantitative estimate of drug-likeness (QED) is 0.783. The van der Waals surface area contributed by atoms with Gasteiger partial charge in [-0.2, -0.15) is 0 Å². The van der Waals surface area contributed by atoms with Gasteiger partial charge in [0, 0.05) is 12.6 Å². The van der Waals surface area contributed by atoms with Crippen molar-refractivity contribution in [2.45, 2.75) is 25.3 Å². The summed E-state index contributed by atoms with van der Waals surface area (Å²) < 4.78 is 2.28. The number of fused-ring (bicyclic) bond motifs is 1. The summed E-state index contributed by atoms with van der Waals surface area (Å²) in [7, 11) is 2.17. The molecule has 0 N–H and O–H groups in total. The van der Waals surface area contributed by atoms with Crippen LogP contribution in [-0.2, 0) is 5.88 Å². The molecule has 1 aromatic heterocycles. The minimum absolute atomic E-state index is 0.421. The summed E-state index contributed by atoms with van der Waals surface area (Å²) in [5.41, 5.74) is 1.98. The number of hydrogen-bond donors (Lipinski definition) is 0. The van der Waals surface area contributed by atoms with Crippen LogP contribution in [0.4, 0.5) is 0 Å². The van der Waals surface area contributed by atoms with E-state index >= 15 is 0 Å². The molecule has 2 aromatic rings. The second kappa shape index (κ2) is 5.55. The minimum atomic E-state index is 0.421. The van der Waals surface area contributed by atoms with Crippen molar-refractivity contribution in [1.29, 1.82) is 0 Å². The summed E-state index contributed by atoms with van der Waals surface area (Å²) >= 11 is 12.5. The van der Waals surface area contributed by atoms with Crippen LogP contribution >= 0.6 is 23.2 Å². The molecule has 2 atom stereocenters. The van der Waals surface area contributed by atoms with Gasteiger partial charge in [-0.05, 0) is 38.1 Å². The Hall–Kier alpha value is -0.770. The normalized spacial score (nSPS) is 24.4. The Labute approximate surface area is 129 Å². The van der Waals surface area contributed by atoms with Gasteiger partial charge >= 0.3 is 0 Å². The zero-order valence-corrected chi connectivity index (χ0v) is 13.3. The molecule has 5 heteroatoms. The number of rotatable bonds is 2. The smallest absolute Gasteiger partial charge is 0.125 e. The molecule has 3 nitrogen and oxygen atoms in total. The molecule has 0 radical (unpaired) electrons. The first-order valence-electron chi connectivity index (χ1n) is 7.01. The molecule has 108 valence electrons. The third-order valence-electron chi connectivity index (χ3n) is 4.25. The van der Waals surface area contributed by atoms with E-state index in [0.717, 1.165) is 41.4 Å². The average molecular weight is 312 g/mol. The Morgan fingerprint density at radius 2 is 2.20 bits per heavy atom. The van der Waals surface area contributed by atoms with Crippen LogP contribution in [-0.4, -0.2) is 34.6 Å². The van der Waals surface area contributed by atoms with Gasteiger partial charge in [0.15, 0.2) is 0 Å². The van der Waals surface area contributed by atoms with Gasteiger partial charge in [-0.1, -0.05) is 24.6 Å². The second-order valence-electron chi connectivity index (χ2n) is 5.73. The fourth-order valence-corrected chi connectivity index (χ4v) is 3.78. The molecular weight excluding hydrogens is 293 g/mol. The first-order chi connectivity index (χ1) is 9.61. The van der Waals surface area contributed by atoms with E-state index in [9.17, 15) is 0 Å². The number of piperidine rings is 1. The lowest BCUT2D eigenvalue weighted by Gasteiger charge is -2.36. The summed E-state index contributed by atoms with van der Waals surface area (Å²) in [6, 6.07) is 6.30. The van der Waals surface area contributed by atoms with Gasteiger partial charge in [-0.15, -0.1) is 11.6 Å². The van der Waals surface area contributed by atoms with Gasteiger partial charge in [0.1, 0.15) is 5.82 Å². The third kappa shape index (κ3) is 2.32. The lowest BCUT2D eigenvalue weighted by atomic mass is 9.93. The zero-order chi connectivity index (χ0) is 14.3. The van der Waals surface area contributed by atoms with Crippen molar-refractivity contribution in [3.63, 3.8) is 0 Å². The predicted octanol–water partition coefficient (Wildman–Crippen LogP) is 3.94. The molecule has 0 spiro atoms. The monoisotopic (exact) mass is 311 g/mol. The third-order valence-corrected chi connectivity index (χ3v) is 4.79. The average Bonchev–Trinajstić information content (AvgIpc) is 2.79. The highest BCUT2D eigenvalue weighted by Gasteiger charge is 2.29. The fraction of sp³-hybridized carbons (Fsp3) is 0.533. The summed E-state index contributed by atoms with van der Waals surface area (Å²) in [5.74, 6) is 1.91. The van der Waals surface area contributed by atoms with Crippen LogP contribution < -0.4 is 0 Å². The van der Waals surface area contributed by atoms with Crippen molar-refractivity contribution >= 4 is 34.2 Å². The topological polar surface area (TPSA) is 21.1 Å². The molecule has 1 saturated heterocycles. The van der Waals surface area contributed by atoms with Crippen LogP contribution in [0.25, 0.3) is 11.0 Å². The number of imidazole rings is 1. The van der Waals surface area contributed by atoms with Crippen LogP contribution in [0, 0.1) is 5.92 Å². The molecule has 1 aromatic carbocycles. The molecule has 1 aliphatic rings. The van der Waals surface area contributed by atoms with Crippen LogP contribution in [0.5, 0.6) is 0 Å². The Morgan fingerprint density at radius 1 is 1.40 bits per heavy atom. The van der Waals surface area contributed by atoms with E-state index in [0.29, 0.717) is 17.8 Å². The first-order valence-corrected chi connectivity index (χ1v) is 7.93. The predicted molar refractivity (Wildman–Crippen MR) is 84.6 cm³/mol. The highest BCUT2D eigenvalue weighted by Crippen LogP contribution is 2.35. The fourth-order valence-electron chi connectivity index (χ4n) is 3.33. The molecule has 3 rings (SSSR count). The van der Waals surface area contributed by atoms with Crippen molar-refractivity contribution in [2.75, 3.05) is 20.1 Å². The Balaban J connectivity index is 2.14. The molecule has 0 saturated carbocycles. The number of alkyl halides is 1. The van der Waals surface area contributed by atoms with E-state index in [1.165, 1.54) is 0 Å². The first kappa shape index (κ1) is 14.2. The molecule has 1 fully saturated rings. The lowest BCUT2D eigenvalue weighted by molar-refractivity contribution is 0.160. The van der Waals surface area contributed by atoms with Gasteiger partial charge in [-0.25, -0.2) is 4.98 Å². The van der Waals surface area contributed by atoms with E-state index in [-0.39, 0.29) is 0 Å². The largest absolute Gasteiger partial charge is 0.322 e. The maximum atomic E-state index is 6.41. The summed E-state index contributed by atoms with van der Waals surface area (Å²) in [5, 5.41) is 0.762. The highest BCUT2D eigenvalue weighted by atomic mass is 35.5. The summed E-state index contributed by atoms with van der Waals surface area (Å²) in [6.45, 7) is 4.48. The standard InChI is InChI=1S/C15H19Cl2N3/c1-10-9-19(2)7-6-13(10)20-14(8-16)18-12-5-3-4-11(17)15(12)20/h3-5,10,13H,6-9H2,1-2H3. The zero-order valence-electron chi connectivity index (χ0n) is 11.8. The minimum Gasteiger partial charge on any atom is -0.322 e. The number of hydrogen-bond acceptors (Lipinski definition) is 2. The molecule has 2 unspecified atom stereocenters. The van der Waals surface area contributed by atoms with Crippen molar-refractivity contribution in [3.05, 3.63) is 29.0 Å². The maximum Gasteiger partial charge on any atom is 0.125 e. The Kier molecular flexibility index (Phi) is 3.93. The van der Waals surface area contributed by atoms with E-state index in [1.54, 1.807) is 0 Å². The van der Waals surface area contributed by atoms with Crippen molar-refractivity contribution in [1.82, 2.24) is 14.5 Å². The number of likely N-dealkylation sites (tertiary alicyclic amines) is 1. The molecule has 0 amide bonds. The Bertz CT molecular complexity index is 623. The van der Waals surface area contributed by atoms with Crippen LogP contribution in [0.1, 0.15) is 25.2 Å².